The number of anilines is 1. The van der Waals surface area contributed by atoms with Gasteiger partial charge in [-0.2, -0.15) is 0 Å². The molecule has 2 aromatic rings. The fourth-order valence-corrected chi connectivity index (χ4v) is 2.62. The average molecular weight is 315 g/mol. The number of hydrogen-bond donors (Lipinski definition) is 1. The van der Waals surface area contributed by atoms with Crippen molar-refractivity contribution in [1.82, 2.24) is 0 Å². The Hall–Kier alpha value is -1.94. The minimum Gasteiger partial charge on any atom is -0.481 e. The lowest BCUT2D eigenvalue weighted by molar-refractivity contribution is -0.122. The highest BCUT2D eigenvalue weighted by Gasteiger charge is 2.19. The summed E-state index contributed by atoms with van der Waals surface area (Å²) < 4.78 is 5.81. The highest BCUT2D eigenvalue weighted by molar-refractivity contribution is 7.98. The topological polar surface area (TPSA) is 38.3 Å². The first kappa shape index (κ1) is 16.4. The normalized spacial score (nSPS) is 11.8. The number of ether oxygens (including phenoxy) is 1. The van der Waals surface area contributed by atoms with E-state index in [0.717, 1.165) is 10.6 Å². The van der Waals surface area contributed by atoms with E-state index in [-0.39, 0.29) is 5.91 Å². The number of aryl methyl sites for hydroxylation is 1. The first-order valence-electron chi connectivity index (χ1n) is 7.31. The fraction of sp³-hybridized carbons (Fsp3) is 0.278. The SMILES string of the molecule is CC[C@@H](Oc1ccc(C)cc1)C(=O)Nc1ccccc1SC. The van der Waals surface area contributed by atoms with Crippen LogP contribution >= 0.6 is 11.8 Å². The number of hydrogen-bond acceptors (Lipinski definition) is 3. The highest BCUT2D eigenvalue weighted by atomic mass is 32.2. The zero-order chi connectivity index (χ0) is 15.9. The van der Waals surface area contributed by atoms with E-state index in [1.807, 2.05) is 68.6 Å². The van der Waals surface area contributed by atoms with Crippen LogP contribution in [0.2, 0.25) is 0 Å². The lowest BCUT2D eigenvalue weighted by atomic mass is 10.2. The van der Waals surface area contributed by atoms with Gasteiger partial charge in [-0.05, 0) is 43.9 Å². The minimum absolute atomic E-state index is 0.121. The maximum atomic E-state index is 12.4. The molecule has 0 aliphatic heterocycles. The summed E-state index contributed by atoms with van der Waals surface area (Å²) in [6.45, 7) is 3.96. The van der Waals surface area contributed by atoms with E-state index in [2.05, 4.69) is 5.32 Å². The molecule has 0 unspecified atom stereocenters. The molecule has 2 rings (SSSR count). The first-order chi connectivity index (χ1) is 10.6. The van der Waals surface area contributed by atoms with Crippen molar-refractivity contribution in [3.8, 4) is 5.75 Å². The molecule has 1 atom stereocenters. The number of carbonyl (C=O) groups excluding carboxylic acids is 1. The number of thioether (sulfide) groups is 1. The molecule has 0 aliphatic rings. The van der Waals surface area contributed by atoms with Gasteiger partial charge in [-0.25, -0.2) is 0 Å². The fourth-order valence-electron chi connectivity index (χ4n) is 2.06. The van der Waals surface area contributed by atoms with Crippen LogP contribution in [-0.4, -0.2) is 18.3 Å². The molecular weight excluding hydrogens is 294 g/mol. The monoisotopic (exact) mass is 315 g/mol. The summed E-state index contributed by atoms with van der Waals surface area (Å²) in [4.78, 5) is 13.5. The Morgan fingerprint density at radius 1 is 1.18 bits per heavy atom. The van der Waals surface area contributed by atoms with Gasteiger partial charge in [-0.1, -0.05) is 36.8 Å². The molecule has 0 aliphatic carbocycles. The molecule has 4 heteroatoms. The van der Waals surface area contributed by atoms with Gasteiger partial charge in [0.1, 0.15) is 5.75 Å². The van der Waals surface area contributed by atoms with E-state index in [9.17, 15) is 4.79 Å². The van der Waals surface area contributed by atoms with Gasteiger partial charge in [0.15, 0.2) is 6.10 Å². The molecular formula is C18H21NO2S. The average Bonchev–Trinajstić information content (AvgIpc) is 2.54. The predicted octanol–water partition coefficient (Wildman–Crippen LogP) is 4.51. The van der Waals surface area contributed by atoms with E-state index < -0.39 is 6.10 Å². The Morgan fingerprint density at radius 2 is 1.86 bits per heavy atom. The second kappa shape index (κ2) is 7.90. The van der Waals surface area contributed by atoms with Gasteiger partial charge in [0, 0.05) is 4.90 Å². The van der Waals surface area contributed by atoms with Crippen molar-refractivity contribution in [2.75, 3.05) is 11.6 Å². The molecule has 116 valence electrons. The largest absolute Gasteiger partial charge is 0.481 e. The van der Waals surface area contributed by atoms with Crippen LogP contribution in [0.15, 0.2) is 53.4 Å². The summed E-state index contributed by atoms with van der Waals surface area (Å²) in [5, 5.41) is 2.96. The van der Waals surface area contributed by atoms with Gasteiger partial charge in [-0.15, -0.1) is 11.8 Å². The zero-order valence-electron chi connectivity index (χ0n) is 13.1. The third-order valence-corrected chi connectivity index (χ3v) is 4.12. The molecule has 0 saturated carbocycles. The molecule has 2 aromatic carbocycles. The minimum atomic E-state index is -0.502. The Bertz CT molecular complexity index is 625. The maximum absolute atomic E-state index is 12.4. The summed E-state index contributed by atoms with van der Waals surface area (Å²) >= 11 is 1.61. The second-order valence-corrected chi connectivity index (χ2v) is 5.87. The second-order valence-electron chi connectivity index (χ2n) is 5.02. The molecule has 22 heavy (non-hydrogen) atoms. The van der Waals surface area contributed by atoms with Crippen LogP contribution < -0.4 is 10.1 Å². The smallest absolute Gasteiger partial charge is 0.265 e. The molecule has 3 nitrogen and oxygen atoms in total. The Morgan fingerprint density at radius 3 is 2.50 bits per heavy atom. The number of amides is 1. The maximum Gasteiger partial charge on any atom is 0.265 e. The molecule has 0 fully saturated rings. The van der Waals surface area contributed by atoms with Crippen molar-refractivity contribution in [2.24, 2.45) is 0 Å². The number of rotatable bonds is 6. The van der Waals surface area contributed by atoms with Crippen molar-refractivity contribution in [2.45, 2.75) is 31.3 Å². The van der Waals surface area contributed by atoms with Crippen LogP contribution in [0, 0.1) is 6.92 Å². The lowest BCUT2D eigenvalue weighted by Gasteiger charge is -2.18. The molecule has 0 aromatic heterocycles. The molecule has 0 radical (unpaired) electrons. The third kappa shape index (κ3) is 4.28. The van der Waals surface area contributed by atoms with Gasteiger partial charge in [-0.3, -0.25) is 4.79 Å². The van der Waals surface area contributed by atoms with Crippen molar-refractivity contribution in [1.29, 1.82) is 0 Å². The number of carbonyl (C=O) groups is 1. The predicted molar refractivity (Wildman–Crippen MR) is 92.7 cm³/mol. The first-order valence-corrected chi connectivity index (χ1v) is 8.53. The van der Waals surface area contributed by atoms with Crippen LogP contribution in [0.4, 0.5) is 5.69 Å². The standard InChI is InChI=1S/C18H21NO2S/c1-4-16(21-14-11-9-13(2)10-12-14)18(20)19-15-7-5-6-8-17(15)22-3/h5-12,16H,4H2,1-3H3,(H,19,20)/t16-/m1/s1. The van der Waals surface area contributed by atoms with Crippen molar-refractivity contribution >= 4 is 23.4 Å². The number of benzene rings is 2. The number of para-hydroxylation sites is 1. The molecule has 0 spiro atoms. The highest BCUT2D eigenvalue weighted by Crippen LogP contribution is 2.25. The van der Waals surface area contributed by atoms with Crippen LogP contribution in [0.5, 0.6) is 5.75 Å². The summed E-state index contributed by atoms with van der Waals surface area (Å²) in [5.41, 5.74) is 1.99. The summed E-state index contributed by atoms with van der Waals surface area (Å²) in [6, 6.07) is 15.5. The quantitative estimate of drug-likeness (QED) is 0.797. The molecule has 0 bridgehead atoms. The molecule has 0 saturated heterocycles. The van der Waals surface area contributed by atoms with Gasteiger partial charge < -0.3 is 10.1 Å². The summed E-state index contributed by atoms with van der Waals surface area (Å²) in [5.74, 6) is 0.593. The summed E-state index contributed by atoms with van der Waals surface area (Å²) in [7, 11) is 0. The summed E-state index contributed by atoms with van der Waals surface area (Å²) in [6.07, 6.45) is 2.10. The van der Waals surface area contributed by atoms with Crippen LogP contribution in [0.1, 0.15) is 18.9 Å². The van der Waals surface area contributed by atoms with E-state index in [1.54, 1.807) is 11.8 Å². The Balaban J connectivity index is 2.07. The number of nitrogens with one attached hydrogen (secondary N) is 1. The van der Waals surface area contributed by atoms with E-state index in [4.69, 9.17) is 4.74 Å². The van der Waals surface area contributed by atoms with E-state index in [0.29, 0.717) is 12.2 Å². The van der Waals surface area contributed by atoms with E-state index in [1.165, 1.54) is 5.56 Å². The van der Waals surface area contributed by atoms with Crippen molar-refractivity contribution < 1.29 is 9.53 Å². The van der Waals surface area contributed by atoms with Gasteiger partial charge in [0.25, 0.3) is 5.91 Å². The van der Waals surface area contributed by atoms with Gasteiger partial charge in [0.2, 0.25) is 0 Å². The molecule has 1 N–H and O–H groups in total. The molecule has 0 heterocycles. The van der Waals surface area contributed by atoms with Crippen LogP contribution in [0.25, 0.3) is 0 Å². The Labute approximate surface area is 136 Å². The van der Waals surface area contributed by atoms with Crippen LogP contribution in [-0.2, 0) is 4.79 Å². The van der Waals surface area contributed by atoms with Crippen molar-refractivity contribution in [3.05, 3.63) is 54.1 Å². The van der Waals surface area contributed by atoms with Gasteiger partial charge in [0.05, 0.1) is 5.69 Å². The van der Waals surface area contributed by atoms with Gasteiger partial charge >= 0.3 is 0 Å². The van der Waals surface area contributed by atoms with E-state index >= 15 is 0 Å². The van der Waals surface area contributed by atoms with Crippen molar-refractivity contribution in [3.63, 3.8) is 0 Å². The zero-order valence-corrected chi connectivity index (χ0v) is 13.9. The third-order valence-electron chi connectivity index (χ3n) is 3.33. The van der Waals surface area contributed by atoms with Crippen LogP contribution in [0.3, 0.4) is 0 Å². The molecule has 1 amide bonds. The lowest BCUT2D eigenvalue weighted by Crippen LogP contribution is -2.32. The Kier molecular flexibility index (Phi) is 5.90.